The van der Waals surface area contributed by atoms with Crippen molar-refractivity contribution in [2.24, 2.45) is 33.1 Å². The molecule has 0 aliphatic carbocycles. The largest absolute Gasteiger partial charge is 0.497 e. The second-order valence-electron chi connectivity index (χ2n) is 19.6. The van der Waals surface area contributed by atoms with Crippen LogP contribution in [0.2, 0.25) is 0 Å². The summed E-state index contributed by atoms with van der Waals surface area (Å²) < 4.78 is 48.6. The lowest BCUT2D eigenvalue weighted by molar-refractivity contribution is -0.205. The van der Waals surface area contributed by atoms with Crippen molar-refractivity contribution in [3.63, 3.8) is 0 Å². The predicted octanol–water partition coefficient (Wildman–Crippen LogP) is 7.98. The van der Waals surface area contributed by atoms with Crippen LogP contribution in [0.4, 0.5) is 0 Å². The lowest BCUT2D eigenvalue weighted by Crippen LogP contribution is -2.43. The molecule has 0 bridgehead atoms. The molecule has 84 heavy (non-hydrogen) atoms. The Bertz CT molecular complexity index is 3140. The van der Waals surface area contributed by atoms with Crippen molar-refractivity contribution in [2.45, 2.75) is 183 Å². The summed E-state index contributed by atoms with van der Waals surface area (Å²) >= 11 is 0. The van der Waals surface area contributed by atoms with Crippen molar-refractivity contribution in [1.82, 2.24) is 18.7 Å². The minimum Gasteiger partial charge on any atom is -0.497 e. The number of H-pyrrole nitrogens is 1. The van der Waals surface area contributed by atoms with Gasteiger partial charge in [0.25, 0.3) is 11.1 Å². The second-order valence-corrected chi connectivity index (χ2v) is 19.6. The number of esters is 4. The van der Waals surface area contributed by atoms with E-state index in [4.69, 9.17) is 59.8 Å². The highest BCUT2D eigenvalue weighted by atomic mass is 16.7. The smallest absolute Gasteiger partial charge is 0.333 e. The number of rotatable bonds is 21. The highest BCUT2D eigenvalue weighted by Gasteiger charge is 2.56. The molecule has 1 aromatic carbocycles. The zero-order valence-electron chi connectivity index (χ0n) is 48.7. The Hall–Kier alpha value is -8.44. The number of nitrogens with zero attached hydrogens (tertiary/aromatic N) is 13. The fraction of sp³-hybridized carbons (Fsp3) is 0.648. The summed E-state index contributed by atoms with van der Waals surface area (Å²) in [5.41, 5.74) is 21.9. The number of hydrogen-bond acceptors (Lipinski definition) is 20. The van der Waals surface area contributed by atoms with Gasteiger partial charge in [-0.1, -0.05) is 76.4 Å². The zero-order valence-corrected chi connectivity index (χ0v) is 48.7. The summed E-state index contributed by atoms with van der Waals surface area (Å²) in [6, 6.07) is 11.3. The van der Waals surface area contributed by atoms with E-state index in [1.54, 1.807) is 37.4 Å². The van der Waals surface area contributed by atoms with Crippen LogP contribution in [-0.4, -0.2) is 111 Å². The van der Waals surface area contributed by atoms with Gasteiger partial charge in [-0.25, -0.2) is 9.59 Å². The van der Waals surface area contributed by atoms with Crippen LogP contribution in [0.15, 0.2) is 83.3 Å². The van der Waals surface area contributed by atoms with Gasteiger partial charge >= 0.3 is 35.3 Å². The van der Waals surface area contributed by atoms with E-state index in [0.29, 0.717) is 44.3 Å². The molecule has 0 saturated carbocycles. The Kier molecular flexibility index (Phi) is 28.7. The first-order valence-corrected chi connectivity index (χ1v) is 26.7. The molecule has 0 amide bonds. The standard InChI is InChI=1S/C23H29N5O6.C15H21N5O5.C13H21N3O5.C2H3N.CH4/c1-5-23(11-12-25-26-24)15(2)20(33-16(3)29)21(34-23)27-13-10-19(30)28(22(27)31)14-17-6-8-18(32-4)9-7-17;1-4-15(6-7-17-19-16)9(2)12(24-10(3)21)13(25-15)20-8-5-11(22)18-14(20)23;1-5-13(6-7-15-16-14)8(2)11(19-9(3)17)12(21-13)20-10(4)18;1-2-3;/h6-10,13,15,20-21H,5,11-12,14H2,1-4H3;5,8-9,12-13H,4,6-7H2,1-3H3,(H,18,22,23);8,11-12H,5-7H2,1-4H3;1H3;1H4/t15?,20-,21+,23-;9?,12-,13+,15-;8-,11+,12?,13-;;/m000../s1. The van der Waals surface area contributed by atoms with Gasteiger partial charge in [-0.15, -0.1) is 0 Å². The topological polar surface area (TPSA) is 411 Å². The number of azide groups is 3. The van der Waals surface area contributed by atoms with Crippen LogP contribution in [0.25, 0.3) is 31.3 Å². The van der Waals surface area contributed by atoms with E-state index in [0.717, 1.165) is 10.1 Å². The quantitative estimate of drug-likeness (QED) is 0.0347. The van der Waals surface area contributed by atoms with Crippen molar-refractivity contribution in [3.05, 3.63) is 127 Å². The number of benzene rings is 1. The van der Waals surface area contributed by atoms with Gasteiger partial charge in [-0.2, -0.15) is 5.26 Å². The monoisotopic (exact) mass is 1180 g/mol. The molecular formula is C54H78N14O16. The van der Waals surface area contributed by atoms with E-state index < -0.39 is 100 Å². The van der Waals surface area contributed by atoms with Crippen molar-refractivity contribution in [2.75, 3.05) is 26.7 Å². The third-order valence-corrected chi connectivity index (χ3v) is 14.9. The van der Waals surface area contributed by atoms with Gasteiger partial charge < -0.3 is 37.9 Å². The van der Waals surface area contributed by atoms with Crippen LogP contribution in [0, 0.1) is 29.1 Å². The molecule has 6 rings (SSSR count). The number of nitrogens with one attached hydrogen (secondary N) is 1. The Labute approximate surface area is 485 Å². The predicted molar refractivity (Wildman–Crippen MR) is 302 cm³/mol. The molecule has 1 N–H and O–H groups in total. The van der Waals surface area contributed by atoms with Crippen LogP contribution in [-0.2, 0) is 58.9 Å². The van der Waals surface area contributed by atoms with Crippen LogP contribution in [0.3, 0.4) is 0 Å². The molecule has 3 fully saturated rings. The molecule has 3 aliphatic rings. The minimum atomic E-state index is -0.944. The molecule has 3 saturated heterocycles. The average molecular weight is 1180 g/mol. The Morgan fingerprint density at radius 2 is 1.04 bits per heavy atom. The Morgan fingerprint density at radius 1 is 0.643 bits per heavy atom. The van der Waals surface area contributed by atoms with E-state index in [2.05, 4.69) is 35.1 Å². The summed E-state index contributed by atoms with van der Waals surface area (Å²) in [6.07, 6.45) is 0.764. The van der Waals surface area contributed by atoms with Gasteiger partial charge in [0.1, 0.15) is 5.75 Å². The normalized spacial score (nSPS) is 26.0. The SMILES string of the molecule is C.CC#N.CC[C@@]1(CCN=[N+]=[N-])OC(OC(C)=O)[C@H](OC(C)=O)[C@@H]1C.CC[C@@]1(CCN=[N+]=[N-])O[C@@H](n2ccc(=O)[nH]c2=O)[C@@H](OC(C)=O)C1C.CC[C@@]1(CCN=[N+]=[N-])O[C@@H](n2ccc(=O)n(Cc3ccc(OC)cc3)c2=O)[C@@H](OC(C)=O)C1C. The van der Waals surface area contributed by atoms with Gasteiger partial charge in [-0.05, 0) is 72.8 Å². The second kappa shape index (κ2) is 33.6. The first-order valence-electron chi connectivity index (χ1n) is 26.7. The van der Waals surface area contributed by atoms with Gasteiger partial charge in [0.05, 0.1) is 36.5 Å². The summed E-state index contributed by atoms with van der Waals surface area (Å²) in [5, 5.41) is 18.0. The van der Waals surface area contributed by atoms with Crippen molar-refractivity contribution in [1.29, 1.82) is 5.26 Å². The van der Waals surface area contributed by atoms with Gasteiger partial charge in [0, 0.05) is 111 Å². The number of ether oxygens (including phenoxy) is 8. The van der Waals surface area contributed by atoms with E-state index in [1.165, 1.54) is 68.3 Å². The van der Waals surface area contributed by atoms with Crippen LogP contribution in [0.1, 0.15) is 140 Å². The molecule has 0 spiro atoms. The molecule has 30 nitrogen and oxygen atoms in total. The summed E-state index contributed by atoms with van der Waals surface area (Å²) in [6.45, 7) is 18.7. The molecule has 12 atom stereocenters. The number of methoxy groups -OCH3 is 1. The lowest BCUT2D eigenvalue weighted by Gasteiger charge is -2.31. The van der Waals surface area contributed by atoms with E-state index in [9.17, 15) is 38.4 Å². The Morgan fingerprint density at radius 3 is 1.43 bits per heavy atom. The fourth-order valence-corrected chi connectivity index (χ4v) is 10.5. The lowest BCUT2D eigenvalue weighted by atomic mass is 9.82. The maximum atomic E-state index is 13.4. The van der Waals surface area contributed by atoms with E-state index in [-0.39, 0.29) is 51.4 Å². The van der Waals surface area contributed by atoms with Gasteiger partial charge in [-0.3, -0.25) is 47.5 Å². The van der Waals surface area contributed by atoms with Crippen molar-refractivity contribution in [3.8, 4) is 11.8 Å². The Balaban J connectivity index is 0.000000430. The number of hydrogen-bond donors (Lipinski definition) is 1. The third-order valence-electron chi connectivity index (χ3n) is 14.9. The third kappa shape index (κ3) is 18.3. The van der Waals surface area contributed by atoms with Gasteiger partial charge in [0.2, 0.25) is 6.29 Å². The first kappa shape index (κ1) is 71.7. The number of carbonyl (C=O) groups is 4. The molecule has 3 aliphatic heterocycles. The highest BCUT2D eigenvalue weighted by Crippen LogP contribution is 2.48. The van der Waals surface area contributed by atoms with Gasteiger partial charge in [0.15, 0.2) is 30.8 Å². The number of carbonyl (C=O) groups excluding carboxylic acids is 4. The maximum Gasteiger partial charge on any atom is 0.333 e. The molecule has 460 valence electrons. The number of aromatic nitrogens is 4. The number of aromatic amines is 1. The maximum absolute atomic E-state index is 13.4. The average Bonchev–Trinajstić information content (AvgIpc) is 2.61. The molecule has 3 aromatic rings. The van der Waals surface area contributed by atoms with Crippen molar-refractivity contribution >= 4 is 23.9 Å². The molecular weight excluding hydrogens is 1100 g/mol. The van der Waals surface area contributed by atoms with Crippen LogP contribution >= 0.6 is 0 Å². The summed E-state index contributed by atoms with van der Waals surface area (Å²) in [7, 11) is 1.56. The van der Waals surface area contributed by atoms with E-state index in [1.807, 2.05) is 41.5 Å². The molecule has 30 heteroatoms. The molecule has 2 aromatic heterocycles. The first-order chi connectivity index (χ1) is 39.4. The van der Waals surface area contributed by atoms with Crippen LogP contribution in [0.5, 0.6) is 5.75 Å². The fourth-order valence-electron chi connectivity index (χ4n) is 10.5. The summed E-state index contributed by atoms with van der Waals surface area (Å²) in [5.74, 6) is -2.05. The van der Waals surface area contributed by atoms with Crippen molar-refractivity contribution < 1.29 is 57.1 Å². The summed E-state index contributed by atoms with van der Waals surface area (Å²) in [4.78, 5) is 106. The molecule has 3 unspecified atom stereocenters. The molecule has 0 radical (unpaired) electrons. The molecule has 5 heterocycles. The highest BCUT2D eigenvalue weighted by molar-refractivity contribution is 5.67. The minimum absolute atomic E-state index is 0. The van der Waals surface area contributed by atoms with Crippen LogP contribution < -0.4 is 27.2 Å². The number of nitriles is 1. The van der Waals surface area contributed by atoms with E-state index >= 15 is 0 Å². The zero-order chi connectivity index (χ0) is 62.2.